The number of amides is 1. The summed E-state index contributed by atoms with van der Waals surface area (Å²) in [4.78, 5) is 13.0. The van der Waals surface area contributed by atoms with Crippen LogP contribution in [0, 0.1) is 45.3 Å². The van der Waals surface area contributed by atoms with Crippen LogP contribution >= 0.6 is 0 Å². The zero-order valence-corrected chi connectivity index (χ0v) is 22.5. The van der Waals surface area contributed by atoms with E-state index < -0.39 is 0 Å². The van der Waals surface area contributed by atoms with Crippen LogP contribution in [-0.4, -0.2) is 29.3 Å². The summed E-state index contributed by atoms with van der Waals surface area (Å²) in [7, 11) is 0. The second-order valence-corrected chi connectivity index (χ2v) is 14.5. The van der Waals surface area contributed by atoms with Gasteiger partial charge in [-0.1, -0.05) is 51.1 Å². The van der Waals surface area contributed by atoms with Crippen molar-refractivity contribution in [2.24, 2.45) is 45.3 Å². The molecule has 6 aliphatic rings. The molecule has 1 amide bonds. The lowest BCUT2D eigenvalue weighted by Crippen LogP contribution is -2.54. The fourth-order valence-corrected chi connectivity index (χ4v) is 11.3. The highest BCUT2D eigenvalue weighted by molar-refractivity contribution is 5.80. The highest BCUT2D eigenvalue weighted by Crippen LogP contribution is 2.87. The van der Waals surface area contributed by atoms with E-state index in [1.165, 1.54) is 38.5 Å². The highest BCUT2D eigenvalue weighted by Gasteiger charge is 2.80. The smallest absolute Gasteiger partial charge is 0.249 e. The van der Waals surface area contributed by atoms with E-state index in [4.69, 9.17) is 4.74 Å². The van der Waals surface area contributed by atoms with Crippen LogP contribution in [0.3, 0.4) is 0 Å². The van der Waals surface area contributed by atoms with Gasteiger partial charge in [-0.3, -0.25) is 4.79 Å². The van der Waals surface area contributed by atoms with Gasteiger partial charge in [0, 0.05) is 7.97 Å². The van der Waals surface area contributed by atoms with E-state index in [0.717, 1.165) is 43.1 Å². The number of benzene rings is 1. The molecular weight excluding hydrogens is 446 g/mol. The van der Waals surface area contributed by atoms with E-state index in [9.17, 15) is 9.90 Å². The summed E-state index contributed by atoms with van der Waals surface area (Å²) in [5, 5.41) is 14.0. The lowest BCUT2D eigenvalue weighted by molar-refractivity contribution is -0.149. The van der Waals surface area contributed by atoms with Gasteiger partial charge in [0.1, 0.15) is 6.10 Å². The summed E-state index contributed by atoms with van der Waals surface area (Å²) < 4.78 is 6.65. The molecule has 0 bridgehead atoms. The quantitative estimate of drug-likeness (QED) is 0.534. The Kier molecular flexibility index (Phi) is 5.15. The fourth-order valence-electron chi connectivity index (χ4n) is 11.3. The van der Waals surface area contributed by atoms with E-state index in [-0.39, 0.29) is 31.1 Å². The van der Waals surface area contributed by atoms with Crippen LogP contribution in [-0.2, 0) is 16.1 Å². The van der Waals surface area contributed by atoms with Gasteiger partial charge in [-0.2, -0.15) is 0 Å². The van der Waals surface area contributed by atoms with Gasteiger partial charge in [0.15, 0.2) is 0 Å². The molecule has 4 heteroatoms. The van der Waals surface area contributed by atoms with Gasteiger partial charge in [0.2, 0.25) is 5.91 Å². The fraction of sp³-hybridized carbons (Fsp3) is 0.781. The van der Waals surface area contributed by atoms with Crippen molar-refractivity contribution in [1.82, 2.24) is 5.32 Å². The van der Waals surface area contributed by atoms with E-state index in [1.54, 1.807) is 0 Å². The van der Waals surface area contributed by atoms with Gasteiger partial charge in [0.05, 0.1) is 12.2 Å². The SMILES string of the molecule is CC1(C)C2CCC3C4CC5OC(C(=O)NCc6ccccc6)CCC5[C@@]4(C)CC[C@]34CC24CC[C@@H]1O.[HH]. The lowest BCUT2D eigenvalue weighted by atomic mass is 9.46. The molecular formula is C32H47NO3. The van der Waals surface area contributed by atoms with Gasteiger partial charge in [-0.25, -0.2) is 0 Å². The molecule has 36 heavy (non-hydrogen) atoms. The second kappa shape index (κ2) is 7.82. The predicted octanol–water partition coefficient (Wildman–Crippen LogP) is 6.12. The van der Waals surface area contributed by atoms with Crippen molar-refractivity contribution in [3.63, 3.8) is 0 Å². The highest BCUT2D eigenvalue weighted by atomic mass is 16.5. The van der Waals surface area contributed by atoms with Crippen LogP contribution in [0.2, 0.25) is 0 Å². The molecule has 10 atom stereocenters. The molecule has 6 fully saturated rings. The first-order chi connectivity index (χ1) is 17.2. The van der Waals surface area contributed by atoms with Crippen LogP contribution in [0.25, 0.3) is 0 Å². The molecule has 1 aliphatic heterocycles. The molecule has 0 radical (unpaired) electrons. The molecule has 1 heterocycles. The van der Waals surface area contributed by atoms with Gasteiger partial charge < -0.3 is 15.2 Å². The molecule has 7 rings (SSSR count). The monoisotopic (exact) mass is 493 g/mol. The Labute approximate surface area is 218 Å². The summed E-state index contributed by atoms with van der Waals surface area (Å²) in [6.07, 6.45) is 12.0. The number of nitrogens with one attached hydrogen (secondary N) is 1. The third-order valence-corrected chi connectivity index (χ3v) is 13.2. The number of fused-ring (bicyclic) bond motifs is 4. The summed E-state index contributed by atoms with van der Waals surface area (Å²) in [5.41, 5.74) is 2.58. The number of hydrogen-bond donors (Lipinski definition) is 2. The number of aliphatic hydroxyl groups is 1. The maximum absolute atomic E-state index is 13.0. The average Bonchev–Trinajstić information content (AvgIpc) is 3.46. The number of ether oxygens (including phenoxy) is 1. The van der Waals surface area contributed by atoms with Gasteiger partial charge in [-0.15, -0.1) is 0 Å². The third-order valence-electron chi connectivity index (χ3n) is 13.2. The zero-order chi connectivity index (χ0) is 24.9. The van der Waals surface area contributed by atoms with Crippen molar-refractivity contribution >= 4 is 5.91 Å². The molecule has 7 unspecified atom stereocenters. The first-order valence-corrected chi connectivity index (χ1v) is 14.9. The molecule has 1 aromatic carbocycles. The minimum atomic E-state index is -0.295. The molecule has 2 spiro atoms. The number of rotatable bonds is 3. The van der Waals surface area contributed by atoms with Crippen LogP contribution < -0.4 is 5.32 Å². The van der Waals surface area contributed by atoms with Gasteiger partial charge >= 0.3 is 0 Å². The summed E-state index contributed by atoms with van der Waals surface area (Å²) in [6, 6.07) is 10.2. The van der Waals surface area contributed by atoms with Crippen LogP contribution in [0.5, 0.6) is 0 Å². The van der Waals surface area contributed by atoms with Gasteiger partial charge in [-0.05, 0) is 115 Å². The Morgan fingerprint density at radius 1 is 0.972 bits per heavy atom. The van der Waals surface area contributed by atoms with Crippen LogP contribution in [0.15, 0.2) is 30.3 Å². The average molecular weight is 494 g/mol. The Balaban J connectivity index is 0.00000252. The van der Waals surface area contributed by atoms with E-state index >= 15 is 0 Å². The van der Waals surface area contributed by atoms with E-state index in [2.05, 4.69) is 38.2 Å². The Hall–Kier alpha value is -1.39. The first kappa shape index (κ1) is 23.7. The van der Waals surface area contributed by atoms with Crippen molar-refractivity contribution in [3.8, 4) is 0 Å². The largest absolute Gasteiger partial charge is 0.393 e. The summed E-state index contributed by atoms with van der Waals surface area (Å²) in [5.74, 6) is 2.92. The molecule has 4 nitrogen and oxygen atoms in total. The minimum Gasteiger partial charge on any atom is -0.393 e. The van der Waals surface area contributed by atoms with Crippen LogP contribution in [0.4, 0.5) is 0 Å². The van der Waals surface area contributed by atoms with Crippen molar-refractivity contribution in [1.29, 1.82) is 0 Å². The standard InChI is InChI=1S/C32H45NO3.H2/c1-29(2)26-12-10-21-23-17-25-22(9-11-24(36-25)28(35)33-18-20-7-5-4-6-8-20)30(23,3)15-16-31(21)19-32(26,31)14-13-27(29)34;/h4-8,21-27,34H,9-19H2,1-3H3,(H,33,35);1H/t21?,22?,23?,24?,25?,26?,27-,30+,31-,32?;/m0./s1. The number of aliphatic hydroxyl groups excluding tert-OH is 1. The van der Waals surface area contributed by atoms with E-state index in [0.29, 0.717) is 34.6 Å². The Bertz CT molecular complexity index is 1050. The zero-order valence-electron chi connectivity index (χ0n) is 22.5. The maximum atomic E-state index is 13.0. The Morgan fingerprint density at radius 2 is 1.75 bits per heavy atom. The molecule has 1 aromatic rings. The van der Waals surface area contributed by atoms with Crippen molar-refractivity contribution in [2.75, 3.05) is 0 Å². The third kappa shape index (κ3) is 3.04. The molecule has 1 saturated heterocycles. The maximum Gasteiger partial charge on any atom is 0.249 e. The second-order valence-electron chi connectivity index (χ2n) is 14.5. The summed E-state index contributed by atoms with van der Waals surface area (Å²) >= 11 is 0. The first-order valence-electron chi connectivity index (χ1n) is 14.9. The minimum absolute atomic E-state index is 0. The lowest BCUT2D eigenvalue weighted by Gasteiger charge is -2.59. The number of carbonyl (C=O) groups excluding carboxylic acids is 1. The topological polar surface area (TPSA) is 58.6 Å². The Morgan fingerprint density at radius 3 is 2.56 bits per heavy atom. The van der Waals surface area contributed by atoms with E-state index in [1.807, 2.05) is 18.2 Å². The number of carbonyl (C=O) groups is 1. The van der Waals surface area contributed by atoms with Crippen molar-refractivity contribution in [3.05, 3.63) is 35.9 Å². The number of hydrogen-bond acceptors (Lipinski definition) is 3. The summed E-state index contributed by atoms with van der Waals surface area (Å²) in [6.45, 7) is 7.86. The van der Waals surface area contributed by atoms with Crippen molar-refractivity contribution < 1.29 is 16.1 Å². The normalized spacial score (nSPS) is 50.1. The van der Waals surface area contributed by atoms with Gasteiger partial charge in [0.25, 0.3) is 0 Å². The molecule has 5 saturated carbocycles. The molecule has 0 aromatic heterocycles. The molecule has 198 valence electrons. The van der Waals surface area contributed by atoms with Crippen LogP contribution in [0.1, 0.15) is 92.0 Å². The molecule has 5 aliphatic carbocycles. The predicted molar refractivity (Wildman–Crippen MR) is 142 cm³/mol. The van der Waals surface area contributed by atoms with Crippen molar-refractivity contribution in [2.45, 2.75) is 110 Å². The molecule has 2 N–H and O–H groups in total.